The number of aliphatic hydroxyl groups is 2. The normalized spacial score (nSPS) is 22.7. The Balaban J connectivity index is 3.48. The lowest BCUT2D eigenvalue weighted by molar-refractivity contribution is -0.136. The Hall–Kier alpha value is -5.58. The van der Waals surface area contributed by atoms with Gasteiger partial charge in [-0.15, -0.1) is 0 Å². The van der Waals surface area contributed by atoms with Crippen molar-refractivity contribution >= 4 is 59.1 Å². The lowest BCUT2D eigenvalue weighted by atomic mass is 10.0. The summed E-state index contributed by atoms with van der Waals surface area (Å²) in [6.07, 6.45) is 0.272. The second kappa shape index (κ2) is 36.4. The van der Waals surface area contributed by atoms with Crippen LogP contribution in [0.3, 0.4) is 0 Å². The number of unbranched alkanes of at least 4 members (excludes halogenated alkanes) is 1. The van der Waals surface area contributed by atoms with Gasteiger partial charge in [-0.2, -0.15) is 0 Å². The lowest BCUT2D eigenvalue weighted by Gasteiger charge is -2.28. The van der Waals surface area contributed by atoms with Gasteiger partial charge in [-0.25, -0.2) is 0 Å². The van der Waals surface area contributed by atoms with Crippen LogP contribution in [0.5, 0.6) is 0 Å². The first-order valence-electron chi connectivity index (χ1n) is 25.5. The first-order valence-corrected chi connectivity index (χ1v) is 25.5. The van der Waals surface area contributed by atoms with E-state index in [9.17, 15) is 58.2 Å². The van der Waals surface area contributed by atoms with Crippen LogP contribution in [0.2, 0.25) is 0 Å². The summed E-state index contributed by atoms with van der Waals surface area (Å²) < 4.78 is 0. The van der Waals surface area contributed by atoms with E-state index in [0.717, 1.165) is 19.3 Å². The summed E-state index contributed by atoms with van der Waals surface area (Å²) in [5, 5.41) is 46.6. The third kappa shape index (κ3) is 25.3. The topological polar surface area (TPSA) is 462 Å². The maximum absolute atomic E-state index is 14.0. The number of carbonyl (C=O) groups is 10. The molecule has 0 unspecified atom stereocenters. The van der Waals surface area contributed by atoms with Gasteiger partial charge >= 0.3 is 0 Å². The minimum absolute atomic E-state index is 0.00115. The van der Waals surface area contributed by atoms with Crippen molar-refractivity contribution in [2.45, 2.75) is 178 Å². The van der Waals surface area contributed by atoms with Crippen LogP contribution < -0.4 is 81.8 Å². The number of rotatable bonds is 25. The van der Waals surface area contributed by atoms with E-state index < -0.39 is 126 Å². The van der Waals surface area contributed by atoms with E-state index in [1.165, 1.54) is 13.8 Å². The van der Waals surface area contributed by atoms with Crippen LogP contribution >= 0.6 is 0 Å². The molecule has 27 heteroatoms. The van der Waals surface area contributed by atoms with Crippen molar-refractivity contribution in [3.8, 4) is 0 Å². The summed E-state index contributed by atoms with van der Waals surface area (Å²) in [6, 6.07) is -11.1. The number of hydrogen-bond donors (Lipinski definition) is 17. The van der Waals surface area contributed by atoms with Crippen molar-refractivity contribution in [3.63, 3.8) is 0 Å². The zero-order valence-electron chi connectivity index (χ0n) is 43.1. The Labute approximate surface area is 428 Å². The molecule has 0 radical (unpaired) electrons. The van der Waals surface area contributed by atoms with Crippen molar-refractivity contribution in [2.24, 2.45) is 34.6 Å². The molecule has 1 heterocycles. The largest absolute Gasteiger partial charge is 0.391 e. The average molecular weight is 1040 g/mol. The summed E-state index contributed by atoms with van der Waals surface area (Å²) in [6.45, 7) is 5.99. The summed E-state index contributed by atoms with van der Waals surface area (Å²) in [5.41, 5.74) is 28.8. The van der Waals surface area contributed by atoms with E-state index in [2.05, 4.69) is 67.0 Å². The van der Waals surface area contributed by atoms with Crippen LogP contribution in [0.15, 0.2) is 0 Å². The van der Waals surface area contributed by atoms with Gasteiger partial charge < -0.3 is 92.0 Å². The van der Waals surface area contributed by atoms with Gasteiger partial charge in [-0.05, 0) is 110 Å². The van der Waals surface area contributed by atoms with Crippen molar-refractivity contribution in [2.75, 3.05) is 45.8 Å². The predicted octanol–water partition coefficient (Wildman–Crippen LogP) is -6.22. The second-order valence-corrected chi connectivity index (χ2v) is 18.4. The molecule has 0 saturated carbocycles. The summed E-state index contributed by atoms with van der Waals surface area (Å²) in [7, 11) is 0. The Kier molecular flexibility index (Phi) is 32.6. The molecule has 22 N–H and O–H groups in total. The van der Waals surface area contributed by atoms with Gasteiger partial charge in [0.15, 0.2) is 0 Å². The third-order valence-electron chi connectivity index (χ3n) is 12.1. The molecule has 0 bridgehead atoms. The van der Waals surface area contributed by atoms with Crippen LogP contribution in [0, 0.1) is 5.92 Å². The van der Waals surface area contributed by atoms with Crippen molar-refractivity contribution in [1.29, 1.82) is 0 Å². The van der Waals surface area contributed by atoms with Crippen LogP contribution in [-0.2, 0) is 47.9 Å². The molecule has 418 valence electrons. The second-order valence-electron chi connectivity index (χ2n) is 18.4. The average Bonchev–Trinajstić information content (AvgIpc) is 3.33. The molecule has 27 nitrogen and oxygen atoms in total. The number of hydrogen-bond acceptors (Lipinski definition) is 17. The molecule has 73 heavy (non-hydrogen) atoms. The quantitative estimate of drug-likeness (QED) is 0.0378. The highest BCUT2D eigenvalue weighted by atomic mass is 16.3. The van der Waals surface area contributed by atoms with Gasteiger partial charge in [0.05, 0.1) is 12.2 Å². The number of aliphatic hydroxyl groups excluding tert-OH is 2. The molecule has 0 aromatic heterocycles. The predicted molar refractivity (Wildman–Crippen MR) is 270 cm³/mol. The van der Waals surface area contributed by atoms with Crippen LogP contribution in [0.4, 0.5) is 0 Å². The van der Waals surface area contributed by atoms with Crippen LogP contribution in [-0.4, -0.2) is 176 Å². The molecule has 0 spiro atoms. The SMILES string of the molecule is CC[C@H](C)CCCCC(=O)N[C@@H](CCN)C(=O)N[C@H](C(=O)N[C@@H](CCN)C(=O)N[C@H]1CCNC(=O)[C@H]([C@@H](C)O)NC(=O)[C@H](CCN)NC(=O)[C@H](CCN)NC(=O)CCCCNC(=O)[C@H](CCN)NC1=O)[C@@H](C)O. The third-order valence-corrected chi connectivity index (χ3v) is 12.1. The Bertz CT molecular complexity index is 1780. The van der Waals surface area contributed by atoms with Crippen molar-refractivity contribution in [1.82, 2.24) is 53.2 Å². The molecule has 1 aliphatic heterocycles. The van der Waals surface area contributed by atoms with E-state index in [1.54, 1.807) is 0 Å². The molecule has 11 atom stereocenters. The first-order chi connectivity index (χ1) is 34.7. The van der Waals surface area contributed by atoms with Gasteiger partial charge in [-0.1, -0.05) is 33.1 Å². The molecule has 0 aliphatic carbocycles. The number of amides is 10. The van der Waals surface area contributed by atoms with Gasteiger partial charge in [-0.3, -0.25) is 47.9 Å². The maximum atomic E-state index is 14.0. The molecular formula is C46H87N15O12. The summed E-state index contributed by atoms with van der Waals surface area (Å²) >= 11 is 0. The van der Waals surface area contributed by atoms with E-state index in [-0.39, 0.29) is 97.1 Å². The van der Waals surface area contributed by atoms with Gasteiger partial charge in [0.2, 0.25) is 59.1 Å². The fourth-order valence-corrected chi connectivity index (χ4v) is 7.55. The molecule has 10 amide bonds. The number of nitrogens with one attached hydrogen (secondary N) is 10. The Morgan fingerprint density at radius 2 is 1.15 bits per heavy atom. The summed E-state index contributed by atoms with van der Waals surface area (Å²) in [5.74, 6) is -7.37. The molecule has 1 fully saturated rings. The monoisotopic (exact) mass is 1040 g/mol. The van der Waals surface area contributed by atoms with Gasteiger partial charge in [0.25, 0.3) is 0 Å². The van der Waals surface area contributed by atoms with E-state index in [0.29, 0.717) is 18.8 Å². The Morgan fingerprint density at radius 1 is 0.603 bits per heavy atom. The maximum Gasteiger partial charge on any atom is 0.245 e. The highest BCUT2D eigenvalue weighted by Crippen LogP contribution is 2.13. The minimum atomic E-state index is -1.65. The summed E-state index contributed by atoms with van der Waals surface area (Å²) in [4.78, 5) is 135. The number of carbonyl (C=O) groups excluding carboxylic acids is 10. The van der Waals surface area contributed by atoms with Gasteiger partial charge in [0.1, 0.15) is 48.3 Å². The standard InChI is InChI=1S/C46H87N15O12/c1-5-26(2)10-6-7-11-35(64)55-31(15-21-49)43(70)61-38(28(4)63)46(73)59-32(16-22-50)41(68)58-34-18-25-53-45(72)37(27(3)62)60-44(71)33(17-23-51)57-40(67)30(14-20-48)54-36(65)12-8-9-24-52-39(66)29(13-19-47)56-42(34)69/h26-34,37-38,62-63H,5-25,47-51H2,1-4H3,(H,52,66)(H,53,72)(H,54,65)(H,55,64)(H,56,69)(H,57,67)(H,58,68)(H,59,73)(H,60,71)(H,61,70)/t26-,27+,28+,29-,30-,31-,32-,33-,34-,37-,38-/m0/s1. The fourth-order valence-electron chi connectivity index (χ4n) is 7.55. The molecule has 1 aliphatic rings. The minimum Gasteiger partial charge on any atom is -0.391 e. The highest BCUT2D eigenvalue weighted by molar-refractivity contribution is 5.97. The molecular weight excluding hydrogens is 955 g/mol. The first kappa shape index (κ1) is 65.4. The fraction of sp³-hybridized carbons (Fsp3) is 0.783. The number of nitrogens with two attached hydrogens (primary N) is 5. The molecule has 1 rings (SSSR count). The van der Waals surface area contributed by atoms with Crippen LogP contribution in [0.25, 0.3) is 0 Å². The van der Waals surface area contributed by atoms with E-state index in [1.807, 2.05) is 0 Å². The van der Waals surface area contributed by atoms with Crippen molar-refractivity contribution in [3.05, 3.63) is 0 Å². The molecule has 0 aromatic carbocycles. The van der Waals surface area contributed by atoms with Crippen molar-refractivity contribution < 1.29 is 58.2 Å². The molecule has 0 aromatic rings. The molecule has 1 saturated heterocycles. The van der Waals surface area contributed by atoms with Crippen LogP contribution in [0.1, 0.15) is 118 Å². The Morgan fingerprint density at radius 3 is 1.71 bits per heavy atom. The highest BCUT2D eigenvalue weighted by Gasteiger charge is 2.35. The lowest BCUT2D eigenvalue weighted by Crippen LogP contribution is -2.61. The smallest absolute Gasteiger partial charge is 0.245 e. The van der Waals surface area contributed by atoms with Gasteiger partial charge in [0, 0.05) is 25.9 Å². The van der Waals surface area contributed by atoms with E-state index >= 15 is 0 Å². The zero-order valence-corrected chi connectivity index (χ0v) is 43.1. The van der Waals surface area contributed by atoms with E-state index in [4.69, 9.17) is 28.7 Å². The zero-order chi connectivity index (χ0) is 55.0.